The van der Waals surface area contributed by atoms with Crippen molar-refractivity contribution < 1.29 is 31.1 Å². The number of ether oxygens (including phenoxy) is 1. The Bertz CT molecular complexity index is 959. The fourth-order valence-electron chi connectivity index (χ4n) is 4.46. The molecule has 0 bridgehead atoms. The molecule has 2 saturated heterocycles. The van der Waals surface area contributed by atoms with Gasteiger partial charge in [0.2, 0.25) is 5.95 Å². The maximum absolute atomic E-state index is 13.4. The summed E-state index contributed by atoms with van der Waals surface area (Å²) in [6.07, 6.45) is -5.01. The first-order valence-electron chi connectivity index (χ1n) is 11.5. The van der Waals surface area contributed by atoms with Crippen molar-refractivity contribution in [2.45, 2.75) is 50.7 Å². The lowest BCUT2D eigenvalue weighted by Gasteiger charge is -2.31. The van der Waals surface area contributed by atoms with Crippen LogP contribution in [0.25, 0.3) is 0 Å². The van der Waals surface area contributed by atoms with Crippen LogP contribution in [0, 0.1) is 0 Å². The van der Waals surface area contributed by atoms with E-state index in [9.17, 15) is 26.3 Å². The molecule has 2 aliphatic heterocycles. The number of alkyl halides is 6. The van der Waals surface area contributed by atoms with Gasteiger partial charge in [0.05, 0.1) is 42.4 Å². The first-order valence-corrected chi connectivity index (χ1v) is 11.5. The monoisotopic (exact) mass is 503 g/mol. The van der Waals surface area contributed by atoms with E-state index in [4.69, 9.17) is 4.74 Å². The second kappa shape index (κ2) is 10.2. The van der Waals surface area contributed by atoms with Gasteiger partial charge in [-0.3, -0.25) is 0 Å². The quantitative estimate of drug-likeness (QED) is 0.586. The summed E-state index contributed by atoms with van der Waals surface area (Å²) in [4.78, 5) is 12.7. The molecule has 0 aliphatic carbocycles. The Morgan fingerprint density at radius 1 is 1.00 bits per heavy atom. The SMILES string of the molecule is CC[C@@H]1C[C@H](N(Cc2cc(C(F)(F)F)cc(C(F)(F)F)c2)c2ncc(N3CCOCC3)cn2)CN1. The molecule has 1 aromatic heterocycles. The van der Waals surface area contributed by atoms with Crippen molar-refractivity contribution in [2.24, 2.45) is 0 Å². The predicted molar refractivity (Wildman–Crippen MR) is 118 cm³/mol. The van der Waals surface area contributed by atoms with E-state index in [1.54, 1.807) is 17.3 Å². The summed E-state index contributed by atoms with van der Waals surface area (Å²) in [6, 6.07) is 1.69. The summed E-state index contributed by atoms with van der Waals surface area (Å²) in [5, 5.41) is 3.35. The van der Waals surface area contributed by atoms with Crippen LogP contribution >= 0.6 is 0 Å². The molecule has 1 N–H and O–H groups in total. The van der Waals surface area contributed by atoms with Crippen LogP contribution in [0.5, 0.6) is 0 Å². The lowest BCUT2D eigenvalue weighted by atomic mass is 10.0. The number of hydrogen-bond donors (Lipinski definition) is 1. The lowest BCUT2D eigenvalue weighted by Crippen LogP contribution is -2.38. The molecule has 2 fully saturated rings. The van der Waals surface area contributed by atoms with Crippen LogP contribution in [0.2, 0.25) is 0 Å². The van der Waals surface area contributed by atoms with Crippen molar-refractivity contribution in [3.05, 3.63) is 47.3 Å². The summed E-state index contributed by atoms with van der Waals surface area (Å²) in [6.45, 7) is 4.88. The van der Waals surface area contributed by atoms with Gasteiger partial charge in [-0.05, 0) is 36.6 Å². The number of rotatable bonds is 6. The zero-order valence-electron chi connectivity index (χ0n) is 19.2. The number of aromatic nitrogens is 2. The van der Waals surface area contributed by atoms with Crippen LogP contribution in [-0.4, -0.2) is 54.9 Å². The summed E-state index contributed by atoms with van der Waals surface area (Å²) in [5.74, 6) is 0.261. The molecule has 6 nitrogen and oxygen atoms in total. The second-order valence-electron chi connectivity index (χ2n) is 8.79. The van der Waals surface area contributed by atoms with E-state index in [1.165, 1.54) is 0 Å². The van der Waals surface area contributed by atoms with Gasteiger partial charge in [-0.1, -0.05) is 6.92 Å². The number of nitrogens with zero attached hydrogens (tertiary/aromatic N) is 4. The van der Waals surface area contributed by atoms with Crippen molar-refractivity contribution in [3.8, 4) is 0 Å². The molecule has 0 unspecified atom stereocenters. The Morgan fingerprint density at radius 3 is 2.11 bits per heavy atom. The van der Waals surface area contributed by atoms with E-state index in [0.717, 1.165) is 24.2 Å². The van der Waals surface area contributed by atoms with Crippen LogP contribution in [-0.2, 0) is 23.6 Å². The highest BCUT2D eigenvalue weighted by Gasteiger charge is 2.37. The molecule has 35 heavy (non-hydrogen) atoms. The lowest BCUT2D eigenvalue weighted by molar-refractivity contribution is -0.143. The molecular formula is C23H27F6N5O. The first kappa shape index (κ1) is 25.5. The van der Waals surface area contributed by atoms with Gasteiger partial charge in [-0.15, -0.1) is 0 Å². The smallest absolute Gasteiger partial charge is 0.378 e. The highest BCUT2D eigenvalue weighted by atomic mass is 19.4. The molecule has 2 aliphatic rings. The van der Waals surface area contributed by atoms with Gasteiger partial charge >= 0.3 is 12.4 Å². The predicted octanol–water partition coefficient (Wildman–Crippen LogP) is 4.50. The van der Waals surface area contributed by atoms with Gasteiger partial charge in [0.15, 0.2) is 0 Å². The molecule has 0 amide bonds. The molecule has 0 spiro atoms. The third-order valence-corrected chi connectivity index (χ3v) is 6.39. The van der Waals surface area contributed by atoms with Gasteiger partial charge in [-0.25, -0.2) is 9.97 Å². The topological polar surface area (TPSA) is 53.5 Å². The molecule has 4 rings (SSSR count). The molecule has 0 radical (unpaired) electrons. The summed E-state index contributed by atoms with van der Waals surface area (Å²) in [7, 11) is 0. The minimum atomic E-state index is -4.90. The molecule has 192 valence electrons. The number of benzene rings is 1. The Hall–Kier alpha value is -2.60. The molecule has 2 aromatic rings. The molecule has 12 heteroatoms. The highest BCUT2D eigenvalue weighted by molar-refractivity contribution is 5.46. The summed E-state index contributed by atoms with van der Waals surface area (Å²) < 4.78 is 85.7. The van der Waals surface area contributed by atoms with Crippen LogP contribution in [0.3, 0.4) is 0 Å². The number of morpholine rings is 1. The zero-order valence-corrected chi connectivity index (χ0v) is 19.2. The highest BCUT2D eigenvalue weighted by Crippen LogP contribution is 2.37. The number of halogens is 6. The Morgan fingerprint density at radius 2 is 1.60 bits per heavy atom. The van der Waals surface area contributed by atoms with Gasteiger partial charge in [0, 0.05) is 38.3 Å². The Balaban J connectivity index is 1.66. The van der Waals surface area contributed by atoms with Crippen LogP contribution < -0.4 is 15.1 Å². The zero-order chi connectivity index (χ0) is 25.2. The standard InChI is InChI=1S/C23H27F6N5O/c1-2-18-10-19(11-30-18)34(21-31-12-20(13-32-21)33-3-5-35-6-4-33)14-15-7-16(22(24,25)26)9-17(8-15)23(27,28)29/h7-9,12-13,18-19,30H,2-6,10-11,14H2,1H3/t18-,19+/m1/s1. The van der Waals surface area contributed by atoms with Crippen molar-refractivity contribution in [3.63, 3.8) is 0 Å². The Kier molecular flexibility index (Phi) is 7.41. The number of nitrogens with one attached hydrogen (secondary N) is 1. The average molecular weight is 503 g/mol. The normalized spacial score (nSPS) is 21.4. The summed E-state index contributed by atoms with van der Waals surface area (Å²) >= 11 is 0. The van der Waals surface area contributed by atoms with Crippen molar-refractivity contribution >= 4 is 11.6 Å². The number of hydrogen-bond acceptors (Lipinski definition) is 6. The third-order valence-electron chi connectivity index (χ3n) is 6.39. The van der Waals surface area contributed by atoms with Gasteiger partial charge in [0.1, 0.15) is 0 Å². The second-order valence-corrected chi connectivity index (χ2v) is 8.79. The van der Waals surface area contributed by atoms with Gasteiger partial charge in [-0.2, -0.15) is 26.3 Å². The maximum Gasteiger partial charge on any atom is 0.416 e. The molecule has 3 heterocycles. The van der Waals surface area contributed by atoms with Crippen molar-refractivity contribution in [1.29, 1.82) is 0 Å². The van der Waals surface area contributed by atoms with Crippen LogP contribution in [0.15, 0.2) is 30.6 Å². The van der Waals surface area contributed by atoms with E-state index >= 15 is 0 Å². The van der Waals surface area contributed by atoms with E-state index in [2.05, 4.69) is 20.2 Å². The van der Waals surface area contributed by atoms with Crippen LogP contribution in [0.4, 0.5) is 38.0 Å². The fraction of sp³-hybridized carbons (Fsp3) is 0.565. The average Bonchev–Trinajstić information content (AvgIpc) is 3.31. The molecular weight excluding hydrogens is 476 g/mol. The van der Waals surface area contributed by atoms with Gasteiger partial charge < -0.3 is 19.9 Å². The van der Waals surface area contributed by atoms with Crippen molar-refractivity contribution in [1.82, 2.24) is 15.3 Å². The van der Waals surface area contributed by atoms with E-state index in [0.29, 0.717) is 39.3 Å². The van der Waals surface area contributed by atoms with Crippen LogP contribution in [0.1, 0.15) is 36.5 Å². The first-order chi connectivity index (χ1) is 16.5. The number of anilines is 2. The van der Waals surface area contributed by atoms with E-state index in [-0.39, 0.29) is 36.2 Å². The summed E-state index contributed by atoms with van der Waals surface area (Å²) in [5.41, 5.74) is -1.98. The Labute approximate surface area is 199 Å². The molecule has 2 atom stereocenters. The third kappa shape index (κ3) is 6.16. The van der Waals surface area contributed by atoms with E-state index in [1.807, 2.05) is 6.92 Å². The van der Waals surface area contributed by atoms with E-state index < -0.39 is 23.5 Å². The fourth-order valence-corrected chi connectivity index (χ4v) is 4.46. The molecule has 0 saturated carbocycles. The minimum Gasteiger partial charge on any atom is -0.378 e. The van der Waals surface area contributed by atoms with Crippen molar-refractivity contribution in [2.75, 3.05) is 42.6 Å². The largest absolute Gasteiger partial charge is 0.416 e. The van der Waals surface area contributed by atoms with Gasteiger partial charge in [0.25, 0.3) is 0 Å². The maximum atomic E-state index is 13.4. The minimum absolute atomic E-state index is 0.104. The molecule has 1 aromatic carbocycles.